The zero-order valence-corrected chi connectivity index (χ0v) is 23.0. The van der Waals surface area contributed by atoms with E-state index in [1.165, 1.54) is 0 Å². The van der Waals surface area contributed by atoms with Gasteiger partial charge in [-0.3, -0.25) is 14.7 Å². The summed E-state index contributed by atoms with van der Waals surface area (Å²) in [5.41, 5.74) is 7.12. The number of amidine groups is 1. The molecule has 2 saturated heterocycles. The summed E-state index contributed by atoms with van der Waals surface area (Å²) in [7, 11) is 4.03. The molecule has 1 aromatic rings. The van der Waals surface area contributed by atoms with Crippen molar-refractivity contribution >= 4 is 23.4 Å². The standard InChI is InChI=1S/C28H45N7O2/c1-28(2,37)21-11-18-35(19-12-21)24-6-5-15-30-25(24)32-27(29)31-22-9-7-20(8-10-22)26(36)34(4)23-13-16-33(3)17-14-23/h7-10,21,23-24,37H,5-6,11-19H2,1-4H3,(H3,29,30,31,32). The molecule has 3 aliphatic rings. The molecule has 0 bridgehead atoms. The number of likely N-dealkylation sites (tertiary alicyclic amines) is 2. The zero-order chi connectivity index (χ0) is 26.6. The van der Waals surface area contributed by atoms with E-state index in [9.17, 15) is 9.90 Å². The highest BCUT2D eigenvalue weighted by Gasteiger charge is 2.34. The summed E-state index contributed by atoms with van der Waals surface area (Å²) in [4.78, 5) is 29.0. The Morgan fingerprint density at radius 1 is 1.11 bits per heavy atom. The number of nitrogens with two attached hydrogens (primary N) is 1. The summed E-state index contributed by atoms with van der Waals surface area (Å²) in [6, 6.07) is 7.88. The van der Waals surface area contributed by atoms with Crippen LogP contribution in [0, 0.1) is 5.92 Å². The molecular weight excluding hydrogens is 466 g/mol. The molecule has 1 amide bonds. The number of carbonyl (C=O) groups excluding carboxylic acids is 1. The van der Waals surface area contributed by atoms with Gasteiger partial charge in [0, 0.05) is 30.9 Å². The molecule has 9 nitrogen and oxygen atoms in total. The molecule has 1 atom stereocenters. The van der Waals surface area contributed by atoms with Gasteiger partial charge < -0.3 is 26.0 Å². The van der Waals surface area contributed by atoms with Gasteiger partial charge in [-0.2, -0.15) is 4.99 Å². The number of guanidine groups is 1. The van der Waals surface area contributed by atoms with Gasteiger partial charge in [0.15, 0.2) is 5.96 Å². The Bertz CT molecular complexity index is 969. The van der Waals surface area contributed by atoms with Crippen LogP contribution in [0.4, 0.5) is 5.69 Å². The molecule has 0 aromatic heterocycles. The van der Waals surface area contributed by atoms with Gasteiger partial charge in [0.1, 0.15) is 5.84 Å². The fraction of sp³-hybridized carbons (Fsp3) is 0.679. The van der Waals surface area contributed by atoms with Gasteiger partial charge in [-0.1, -0.05) is 0 Å². The van der Waals surface area contributed by atoms with Crippen molar-refractivity contribution in [3.05, 3.63) is 29.8 Å². The summed E-state index contributed by atoms with van der Waals surface area (Å²) in [6.07, 6.45) is 6.03. The van der Waals surface area contributed by atoms with Gasteiger partial charge in [-0.15, -0.1) is 0 Å². The summed E-state index contributed by atoms with van der Waals surface area (Å²) in [5.74, 6) is 1.46. The van der Waals surface area contributed by atoms with Gasteiger partial charge in [0.2, 0.25) is 0 Å². The van der Waals surface area contributed by atoms with Crippen LogP contribution in [0.1, 0.15) is 62.7 Å². The first-order chi connectivity index (χ1) is 17.6. The predicted octanol–water partition coefficient (Wildman–Crippen LogP) is 2.62. The largest absolute Gasteiger partial charge is 0.390 e. The molecule has 9 heteroatoms. The van der Waals surface area contributed by atoms with Gasteiger partial charge in [-0.25, -0.2) is 0 Å². The Labute approximate surface area is 221 Å². The minimum Gasteiger partial charge on any atom is -0.390 e. The monoisotopic (exact) mass is 511 g/mol. The van der Waals surface area contributed by atoms with E-state index in [-0.39, 0.29) is 18.0 Å². The second kappa shape index (κ2) is 11.9. The third-order valence-corrected chi connectivity index (χ3v) is 8.37. The lowest BCUT2D eigenvalue weighted by atomic mass is 9.82. The summed E-state index contributed by atoms with van der Waals surface area (Å²) in [6.45, 7) is 8.50. The smallest absolute Gasteiger partial charge is 0.253 e. The van der Waals surface area contributed by atoms with E-state index in [1.807, 2.05) is 50.1 Å². The van der Waals surface area contributed by atoms with E-state index in [1.54, 1.807) is 0 Å². The number of amides is 1. The van der Waals surface area contributed by atoms with Crippen LogP contribution in [0.15, 0.2) is 34.3 Å². The maximum Gasteiger partial charge on any atom is 0.253 e. The third kappa shape index (κ3) is 7.09. The third-order valence-electron chi connectivity index (χ3n) is 8.37. The van der Waals surface area contributed by atoms with Crippen LogP contribution < -0.4 is 11.1 Å². The minimum absolute atomic E-state index is 0.0514. The van der Waals surface area contributed by atoms with Crippen LogP contribution in [-0.2, 0) is 0 Å². The van der Waals surface area contributed by atoms with Crippen molar-refractivity contribution < 1.29 is 9.90 Å². The molecular formula is C28H45N7O2. The molecule has 204 valence electrons. The average Bonchev–Trinajstić information content (AvgIpc) is 2.88. The SMILES string of the molecule is CN1CCC(N(C)C(=O)c2ccc(NC(N)=NC3=NCCCC3N3CCC(C(C)(C)O)CC3)cc2)CC1. The van der Waals surface area contributed by atoms with Gasteiger partial charge in [-0.05, 0) is 116 Å². The van der Waals surface area contributed by atoms with Gasteiger partial charge in [0.25, 0.3) is 5.91 Å². The summed E-state index contributed by atoms with van der Waals surface area (Å²) < 4.78 is 0. The van der Waals surface area contributed by atoms with E-state index in [4.69, 9.17) is 10.7 Å². The summed E-state index contributed by atoms with van der Waals surface area (Å²) in [5, 5.41) is 13.5. The quantitative estimate of drug-likeness (QED) is 0.414. The van der Waals surface area contributed by atoms with Crippen molar-refractivity contribution in [2.45, 2.75) is 70.1 Å². The van der Waals surface area contributed by atoms with E-state index in [2.05, 4.69) is 27.2 Å². The van der Waals surface area contributed by atoms with Gasteiger partial charge >= 0.3 is 0 Å². The lowest BCUT2D eigenvalue weighted by Crippen LogP contribution is -2.49. The van der Waals surface area contributed by atoms with E-state index < -0.39 is 5.60 Å². The molecule has 3 aliphatic heterocycles. The maximum atomic E-state index is 13.0. The van der Waals surface area contributed by atoms with Crippen LogP contribution in [0.5, 0.6) is 0 Å². The Morgan fingerprint density at radius 2 is 1.76 bits per heavy atom. The number of hydrogen-bond acceptors (Lipinski definition) is 6. The molecule has 4 N–H and O–H groups in total. The first-order valence-corrected chi connectivity index (χ1v) is 13.8. The lowest BCUT2D eigenvalue weighted by molar-refractivity contribution is -0.0157. The molecule has 0 saturated carbocycles. The molecule has 0 spiro atoms. The fourth-order valence-electron chi connectivity index (χ4n) is 5.83. The molecule has 4 rings (SSSR count). The van der Waals surface area contributed by atoms with Gasteiger partial charge in [0.05, 0.1) is 11.6 Å². The summed E-state index contributed by atoms with van der Waals surface area (Å²) >= 11 is 0. The number of aliphatic hydroxyl groups is 1. The number of anilines is 1. The van der Waals surface area contributed by atoms with Crippen LogP contribution in [0.25, 0.3) is 0 Å². The van der Waals surface area contributed by atoms with E-state index in [0.717, 1.165) is 82.8 Å². The molecule has 2 fully saturated rings. The Kier molecular flexibility index (Phi) is 8.87. The van der Waals surface area contributed by atoms with Crippen molar-refractivity contribution in [1.82, 2.24) is 14.7 Å². The molecule has 1 aromatic carbocycles. The highest BCUT2D eigenvalue weighted by atomic mass is 16.3. The van der Waals surface area contributed by atoms with Crippen molar-refractivity contribution in [3.8, 4) is 0 Å². The lowest BCUT2D eigenvalue weighted by Gasteiger charge is -2.41. The topological polar surface area (TPSA) is 110 Å². The van der Waals surface area contributed by atoms with E-state index >= 15 is 0 Å². The van der Waals surface area contributed by atoms with Crippen molar-refractivity contribution in [1.29, 1.82) is 0 Å². The molecule has 3 heterocycles. The molecule has 0 radical (unpaired) electrons. The highest BCUT2D eigenvalue weighted by molar-refractivity contribution is 6.04. The molecule has 37 heavy (non-hydrogen) atoms. The number of nitrogens with zero attached hydrogens (tertiary/aromatic N) is 5. The predicted molar refractivity (Wildman–Crippen MR) is 150 cm³/mol. The fourth-order valence-corrected chi connectivity index (χ4v) is 5.83. The zero-order valence-electron chi connectivity index (χ0n) is 23.0. The number of benzene rings is 1. The van der Waals surface area contributed by atoms with Crippen molar-refractivity contribution in [3.63, 3.8) is 0 Å². The second-order valence-electron chi connectivity index (χ2n) is 11.5. The van der Waals surface area contributed by atoms with E-state index in [0.29, 0.717) is 17.4 Å². The second-order valence-corrected chi connectivity index (χ2v) is 11.5. The number of rotatable bonds is 5. The maximum absolute atomic E-state index is 13.0. The molecule has 1 unspecified atom stereocenters. The van der Waals surface area contributed by atoms with Crippen LogP contribution in [-0.4, -0.2) is 102 Å². The Balaban J connectivity index is 1.34. The normalized spacial score (nSPS) is 23.5. The number of nitrogens with one attached hydrogen (secondary N) is 1. The first-order valence-electron chi connectivity index (χ1n) is 13.8. The highest BCUT2D eigenvalue weighted by Crippen LogP contribution is 2.30. The number of aliphatic imine (C=N–C) groups is 2. The van der Waals surface area contributed by atoms with Crippen molar-refractivity contribution in [2.75, 3.05) is 52.1 Å². The minimum atomic E-state index is -0.634. The number of piperidine rings is 2. The van der Waals surface area contributed by atoms with Crippen molar-refractivity contribution in [2.24, 2.45) is 21.6 Å². The Hall–Kier alpha value is -2.49. The number of carbonyl (C=O) groups is 1. The first kappa shape index (κ1) is 27.5. The average molecular weight is 512 g/mol. The Morgan fingerprint density at radius 3 is 2.38 bits per heavy atom. The number of hydrogen-bond donors (Lipinski definition) is 3. The van der Waals surface area contributed by atoms with Crippen LogP contribution in [0.3, 0.4) is 0 Å². The van der Waals surface area contributed by atoms with Crippen LogP contribution >= 0.6 is 0 Å². The molecule has 0 aliphatic carbocycles. The van der Waals surface area contributed by atoms with Crippen LogP contribution in [0.2, 0.25) is 0 Å².